The van der Waals surface area contributed by atoms with Crippen LogP contribution in [0.15, 0.2) is 36.4 Å². The van der Waals surface area contributed by atoms with Crippen molar-refractivity contribution in [3.8, 4) is 0 Å². The molecule has 0 spiro atoms. The Labute approximate surface area is 212 Å². The highest BCUT2D eigenvalue weighted by Gasteiger charge is 2.47. The van der Waals surface area contributed by atoms with Crippen molar-refractivity contribution < 1.29 is 4.79 Å². The van der Waals surface area contributed by atoms with Gasteiger partial charge in [0.15, 0.2) is 5.78 Å². The van der Waals surface area contributed by atoms with Crippen LogP contribution in [0.5, 0.6) is 0 Å². The lowest BCUT2D eigenvalue weighted by Gasteiger charge is -2.43. The van der Waals surface area contributed by atoms with Gasteiger partial charge in [-0.1, -0.05) is 102 Å². The van der Waals surface area contributed by atoms with E-state index in [4.69, 9.17) is 23.2 Å². The minimum atomic E-state index is -2.29. The van der Waals surface area contributed by atoms with Crippen LogP contribution >= 0.6 is 23.2 Å². The number of halogens is 2. The van der Waals surface area contributed by atoms with Crippen LogP contribution in [0.3, 0.4) is 0 Å². The third-order valence-electron chi connectivity index (χ3n) is 7.84. The first-order valence-corrected chi connectivity index (χ1v) is 16.2. The first kappa shape index (κ1) is 26.5. The van der Waals surface area contributed by atoms with E-state index in [0.29, 0.717) is 11.8 Å². The van der Waals surface area contributed by atoms with Gasteiger partial charge in [0.05, 0.1) is 0 Å². The van der Waals surface area contributed by atoms with Gasteiger partial charge in [-0.15, -0.1) is 0 Å². The largest absolute Gasteiger partial charge is 0.289 e. The molecule has 2 aromatic rings. The van der Waals surface area contributed by atoms with Gasteiger partial charge in [-0.05, 0) is 70.7 Å². The zero-order valence-corrected chi connectivity index (χ0v) is 23.4. The Kier molecular flexibility index (Phi) is 9.68. The van der Waals surface area contributed by atoms with E-state index in [2.05, 4.69) is 39.8 Å². The SMILES string of the molecule is CCCCC(CC)C[Si]1(CC(CC)CCCC)c2cc(Cl)ccc2C(=O)c2ccc(Cl)cc21. The molecule has 0 aliphatic carbocycles. The van der Waals surface area contributed by atoms with Gasteiger partial charge in [0.1, 0.15) is 8.07 Å². The summed E-state index contributed by atoms with van der Waals surface area (Å²) >= 11 is 13.2. The summed E-state index contributed by atoms with van der Waals surface area (Å²) in [7, 11) is -2.29. The molecule has 1 aliphatic heterocycles. The van der Waals surface area contributed by atoms with Crippen molar-refractivity contribution in [3.63, 3.8) is 0 Å². The quantitative estimate of drug-likeness (QED) is 0.265. The van der Waals surface area contributed by atoms with Crippen LogP contribution in [0, 0.1) is 11.8 Å². The van der Waals surface area contributed by atoms with Crippen LogP contribution in [0.2, 0.25) is 22.1 Å². The molecular weight excluding hydrogens is 463 g/mol. The van der Waals surface area contributed by atoms with E-state index in [9.17, 15) is 4.79 Å². The van der Waals surface area contributed by atoms with E-state index in [1.165, 1.54) is 73.8 Å². The lowest BCUT2D eigenvalue weighted by molar-refractivity contribution is 0.104. The van der Waals surface area contributed by atoms with Crippen molar-refractivity contribution in [3.05, 3.63) is 57.6 Å². The van der Waals surface area contributed by atoms with Gasteiger partial charge in [0, 0.05) is 21.2 Å². The van der Waals surface area contributed by atoms with Crippen LogP contribution < -0.4 is 10.4 Å². The normalized spacial score (nSPS) is 16.2. The first-order valence-electron chi connectivity index (χ1n) is 13.0. The van der Waals surface area contributed by atoms with Crippen molar-refractivity contribution >= 4 is 47.4 Å². The Morgan fingerprint density at radius 2 is 1.15 bits per heavy atom. The predicted octanol–water partition coefficient (Wildman–Crippen LogP) is 8.53. The summed E-state index contributed by atoms with van der Waals surface area (Å²) in [5, 5.41) is 4.01. The molecule has 3 rings (SSSR count). The molecule has 0 N–H and O–H groups in total. The number of fused-ring (bicyclic) bond motifs is 2. The molecule has 2 aromatic carbocycles. The summed E-state index contributed by atoms with van der Waals surface area (Å²) < 4.78 is 0. The molecule has 0 radical (unpaired) electrons. The van der Waals surface area contributed by atoms with E-state index in [-0.39, 0.29) is 5.78 Å². The lowest BCUT2D eigenvalue weighted by Crippen LogP contribution is -2.65. The maximum atomic E-state index is 13.6. The first-order chi connectivity index (χ1) is 15.9. The smallest absolute Gasteiger partial charge is 0.192 e. The van der Waals surface area contributed by atoms with Crippen LogP contribution in [-0.2, 0) is 0 Å². The highest BCUT2D eigenvalue weighted by molar-refractivity contribution is 7.04. The maximum absolute atomic E-state index is 13.6. The van der Waals surface area contributed by atoms with Gasteiger partial charge < -0.3 is 0 Å². The molecule has 180 valence electrons. The van der Waals surface area contributed by atoms with Gasteiger partial charge in [0.25, 0.3) is 0 Å². The third kappa shape index (κ3) is 5.77. The Morgan fingerprint density at radius 1 is 0.727 bits per heavy atom. The van der Waals surface area contributed by atoms with Crippen molar-refractivity contribution in [2.24, 2.45) is 11.8 Å². The van der Waals surface area contributed by atoms with Gasteiger partial charge in [0.2, 0.25) is 0 Å². The average Bonchev–Trinajstić information content (AvgIpc) is 2.82. The Balaban J connectivity index is 2.25. The lowest BCUT2D eigenvalue weighted by atomic mass is 10.0. The number of ketones is 1. The molecule has 0 amide bonds. The van der Waals surface area contributed by atoms with Crippen LogP contribution in [0.4, 0.5) is 0 Å². The standard InChI is InChI=1S/C29H40Cl2OSi/c1-5-9-11-21(7-3)19-33(20-22(8-4)12-10-6-2)27-17-23(30)13-15-25(27)29(32)26-16-14-24(31)18-28(26)33/h13-18,21-22H,5-12,19-20H2,1-4H3. The molecular formula is C29H40Cl2OSi. The van der Waals surface area contributed by atoms with Crippen LogP contribution in [0.1, 0.15) is 95.0 Å². The number of hydrogen-bond acceptors (Lipinski definition) is 1. The summed E-state index contributed by atoms with van der Waals surface area (Å²) in [5.74, 6) is 1.46. The highest BCUT2D eigenvalue weighted by Crippen LogP contribution is 2.37. The highest BCUT2D eigenvalue weighted by atomic mass is 35.5. The number of unbranched alkanes of at least 4 members (excludes halogenated alkanes) is 2. The van der Waals surface area contributed by atoms with Crippen molar-refractivity contribution in [1.29, 1.82) is 0 Å². The molecule has 0 saturated heterocycles. The summed E-state index contributed by atoms with van der Waals surface area (Å²) in [6.07, 6.45) is 9.85. The number of carbonyl (C=O) groups is 1. The zero-order chi connectivity index (χ0) is 24.0. The molecule has 1 nitrogen and oxygen atoms in total. The fourth-order valence-electron chi connectivity index (χ4n) is 5.91. The number of hydrogen-bond donors (Lipinski definition) is 0. The Morgan fingerprint density at radius 3 is 1.52 bits per heavy atom. The molecule has 0 fully saturated rings. The Bertz CT molecular complexity index is 879. The monoisotopic (exact) mass is 502 g/mol. The molecule has 0 saturated carbocycles. The molecule has 4 heteroatoms. The van der Waals surface area contributed by atoms with Gasteiger partial charge >= 0.3 is 0 Å². The topological polar surface area (TPSA) is 17.1 Å². The number of benzene rings is 2. The molecule has 1 heterocycles. The minimum Gasteiger partial charge on any atom is -0.289 e. The van der Waals surface area contributed by atoms with E-state index in [0.717, 1.165) is 21.2 Å². The van der Waals surface area contributed by atoms with Crippen LogP contribution in [0.25, 0.3) is 0 Å². The second-order valence-electron chi connectivity index (χ2n) is 10.0. The summed E-state index contributed by atoms with van der Waals surface area (Å²) in [5.41, 5.74) is 1.77. The predicted molar refractivity (Wildman–Crippen MR) is 148 cm³/mol. The fourth-order valence-corrected chi connectivity index (χ4v) is 13.0. The second-order valence-corrected chi connectivity index (χ2v) is 15.0. The van der Waals surface area contributed by atoms with Crippen LogP contribution in [-0.4, -0.2) is 13.9 Å². The molecule has 0 aromatic heterocycles. The third-order valence-corrected chi connectivity index (χ3v) is 13.8. The van der Waals surface area contributed by atoms with Crippen molar-refractivity contribution in [2.45, 2.75) is 91.1 Å². The fraction of sp³-hybridized carbons (Fsp3) is 0.552. The zero-order valence-electron chi connectivity index (χ0n) is 20.9. The molecule has 33 heavy (non-hydrogen) atoms. The van der Waals surface area contributed by atoms with Crippen molar-refractivity contribution in [1.82, 2.24) is 0 Å². The van der Waals surface area contributed by atoms with Gasteiger partial charge in [-0.3, -0.25) is 4.79 Å². The van der Waals surface area contributed by atoms with E-state index >= 15 is 0 Å². The van der Waals surface area contributed by atoms with E-state index in [1.54, 1.807) is 0 Å². The van der Waals surface area contributed by atoms with E-state index in [1.807, 2.05) is 24.3 Å². The summed E-state index contributed by atoms with van der Waals surface area (Å²) in [6, 6.07) is 14.4. The summed E-state index contributed by atoms with van der Waals surface area (Å²) in [6.45, 7) is 9.23. The van der Waals surface area contributed by atoms with Gasteiger partial charge in [-0.25, -0.2) is 0 Å². The second kappa shape index (κ2) is 12.0. The van der Waals surface area contributed by atoms with Gasteiger partial charge in [-0.2, -0.15) is 0 Å². The average molecular weight is 504 g/mol. The molecule has 2 unspecified atom stereocenters. The number of carbonyl (C=O) groups excluding carboxylic acids is 1. The molecule has 0 bridgehead atoms. The van der Waals surface area contributed by atoms with E-state index < -0.39 is 8.07 Å². The van der Waals surface area contributed by atoms with Crippen molar-refractivity contribution in [2.75, 3.05) is 0 Å². The minimum absolute atomic E-state index is 0.139. The molecule has 2 atom stereocenters. The summed E-state index contributed by atoms with van der Waals surface area (Å²) in [4.78, 5) is 13.6. The maximum Gasteiger partial charge on any atom is 0.192 e. The molecule has 1 aliphatic rings. The Hall–Kier alpha value is -1.09. The number of rotatable bonds is 12.